The van der Waals surface area contributed by atoms with E-state index in [1.807, 2.05) is 23.1 Å². The molecule has 2 bridgehead atoms. The first-order valence-electron chi connectivity index (χ1n) is 7.92. The van der Waals surface area contributed by atoms with E-state index in [2.05, 4.69) is 29.8 Å². The number of carbonyl (C=O) groups is 2. The third kappa shape index (κ3) is 1.36. The first-order chi connectivity index (χ1) is 11.0. The van der Waals surface area contributed by atoms with Gasteiger partial charge in [-0.05, 0) is 40.9 Å². The number of rotatable bonds is 0. The van der Waals surface area contributed by atoms with Gasteiger partial charge < -0.3 is 9.47 Å². The van der Waals surface area contributed by atoms with Gasteiger partial charge in [0.1, 0.15) is 6.10 Å². The van der Waals surface area contributed by atoms with E-state index in [4.69, 9.17) is 9.47 Å². The van der Waals surface area contributed by atoms with Crippen LogP contribution in [-0.2, 0) is 14.3 Å². The fourth-order valence-corrected chi connectivity index (χ4v) is 5.64. The maximum Gasteiger partial charge on any atom is 0.310 e. The van der Waals surface area contributed by atoms with E-state index in [0.29, 0.717) is 12.4 Å². The summed E-state index contributed by atoms with van der Waals surface area (Å²) in [5, 5.41) is 0. The van der Waals surface area contributed by atoms with Gasteiger partial charge >= 0.3 is 5.97 Å². The van der Waals surface area contributed by atoms with Gasteiger partial charge in [-0.15, -0.1) is 0 Å². The zero-order chi connectivity index (χ0) is 16.1. The molecular weight excluding hydrogens is 362 g/mol. The quantitative estimate of drug-likeness (QED) is 0.651. The molecule has 2 saturated heterocycles. The molecule has 120 valence electrons. The Morgan fingerprint density at radius 2 is 2.09 bits per heavy atom. The van der Waals surface area contributed by atoms with Crippen LogP contribution in [0.25, 0.3) is 0 Å². The molecule has 3 fully saturated rings. The van der Waals surface area contributed by atoms with Crippen molar-refractivity contribution in [2.45, 2.75) is 25.5 Å². The molecule has 0 spiro atoms. The Kier molecular flexibility index (Phi) is 2.46. The second kappa shape index (κ2) is 4.09. The third-order valence-corrected chi connectivity index (χ3v) is 7.01. The molecule has 3 aliphatic heterocycles. The van der Waals surface area contributed by atoms with Crippen LogP contribution < -0.4 is 9.64 Å². The van der Waals surface area contributed by atoms with Gasteiger partial charge in [0, 0.05) is 5.92 Å². The summed E-state index contributed by atoms with van der Waals surface area (Å²) in [4.78, 5) is 27.4. The number of hydrogen-bond acceptors (Lipinski definition) is 4. The highest BCUT2D eigenvalue weighted by molar-refractivity contribution is 9.10. The van der Waals surface area contributed by atoms with Gasteiger partial charge in [0.25, 0.3) is 0 Å². The Labute approximate surface area is 142 Å². The van der Waals surface area contributed by atoms with Crippen LogP contribution in [0.5, 0.6) is 5.75 Å². The molecule has 0 unspecified atom stereocenters. The van der Waals surface area contributed by atoms with Crippen molar-refractivity contribution < 1.29 is 19.1 Å². The van der Waals surface area contributed by atoms with E-state index in [1.54, 1.807) is 0 Å². The van der Waals surface area contributed by atoms with E-state index in [0.717, 1.165) is 10.2 Å². The van der Waals surface area contributed by atoms with Gasteiger partial charge in [-0.25, -0.2) is 0 Å². The maximum atomic E-state index is 13.2. The number of halogens is 1. The van der Waals surface area contributed by atoms with Gasteiger partial charge in [0.2, 0.25) is 5.91 Å². The molecule has 1 aromatic rings. The number of hydrogen-bond donors (Lipinski definition) is 0. The minimum atomic E-state index is -0.440. The Bertz CT molecular complexity index is 765. The first-order valence-corrected chi connectivity index (χ1v) is 8.71. The van der Waals surface area contributed by atoms with Crippen molar-refractivity contribution in [1.82, 2.24) is 0 Å². The van der Waals surface area contributed by atoms with E-state index in [9.17, 15) is 9.59 Å². The molecule has 4 aliphatic rings. The number of amides is 1. The number of cyclic esters (lactones) is 1. The fraction of sp³-hybridized carbons (Fsp3) is 0.529. The van der Waals surface area contributed by atoms with Crippen LogP contribution in [0.1, 0.15) is 13.8 Å². The van der Waals surface area contributed by atoms with Gasteiger partial charge in [-0.3, -0.25) is 14.5 Å². The summed E-state index contributed by atoms with van der Waals surface area (Å²) in [7, 11) is 0. The van der Waals surface area contributed by atoms with Crippen LogP contribution >= 0.6 is 15.9 Å². The highest BCUT2D eigenvalue weighted by atomic mass is 79.9. The van der Waals surface area contributed by atoms with Crippen LogP contribution in [0.15, 0.2) is 22.7 Å². The van der Waals surface area contributed by atoms with Crippen LogP contribution in [0.2, 0.25) is 0 Å². The number of nitrogens with zero attached hydrogens (tertiary/aromatic N) is 1. The van der Waals surface area contributed by atoms with Crippen molar-refractivity contribution in [3.05, 3.63) is 22.7 Å². The van der Waals surface area contributed by atoms with Crippen molar-refractivity contribution in [2.75, 3.05) is 11.5 Å². The Morgan fingerprint density at radius 1 is 1.30 bits per heavy atom. The predicted octanol–water partition coefficient (Wildman–Crippen LogP) is 2.37. The molecule has 0 aromatic heterocycles. The molecule has 3 heterocycles. The zero-order valence-electron chi connectivity index (χ0n) is 12.8. The van der Waals surface area contributed by atoms with E-state index in [1.165, 1.54) is 0 Å². The van der Waals surface area contributed by atoms with Gasteiger partial charge in [0.15, 0.2) is 5.75 Å². The molecule has 1 amide bonds. The summed E-state index contributed by atoms with van der Waals surface area (Å²) in [6.45, 7) is 4.49. The van der Waals surface area contributed by atoms with E-state index >= 15 is 0 Å². The SMILES string of the molecule is C[C@H]1[C@H]2C(=O)N3c4cccc(Br)c4O[C@H]([C@@H]4COC(=O)[C@@H]42)[C@]13C. The number of anilines is 1. The van der Waals surface area contributed by atoms with Crippen LogP contribution in [0.3, 0.4) is 0 Å². The molecule has 5 nitrogen and oxygen atoms in total. The summed E-state index contributed by atoms with van der Waals surface area (Å²) < 4.78 is 12.5. The largest absolute Gasteiger partial charge is 0.484 e. The first kappa shape index (κ1) is 13.8. The topological polar surface area (TPSA) is 55.8 Å². The molecule has 0 radical (unpaired) electrons. The number of carbonyl (C=O) groups excluding carboxylic acids is 2. The van der Waals surface area contributed by atoms with Gasteiger partial charge in [-0.1, -0.05) is 13.0 Å². The van der Waals surface area contributed by atoms with Crippen LogP contribution in [0.4, 0.5) is 5.69 Å². The molecule has 0 N–H and O–H groups in total. The smallest absolute Gasteiger partial charge is 0.310 e. The summed E-state index contributed by atoms with van der Waals surface area (Å²) in [5.74, 6) is -0.252. The summed E-state index contributed by atoms with van der Waals surface area (Å²) in [5.41, 5.74) is 0.357. The number of ether oxygens (including phenoxy) is 2. The number of benzene rings is 1. The van der Waals surface area contributed by atoms with Crippen molar-refractivity contribution in [1.29, 1.82) is 0 Å². The lowest BCUT2D eigenvalue weighted by molar-refractivity contribution is -0.146. The van der Waals surface area contributed by atoms with Crippen LogP contribution in [-0.4, -0.2) is 30.1 Å². The predicted molar refractivity (Wildman–Crippen MR) is 85.0 cm³/mol. The van der Waals surface area contributed by atoms with Crippen molar-refractivity contribution >= 4 is 33.5 Å². The van der Waals surface area contributed by atoms with E-state index < -0.39 is 5.54 Å². The number of para-hydroxylation sites is 1. The summed E-state index contributed by atoms with van der Waals surface area (Å²) in [6, 6.07) is 5.73. The molecule has 6 atom stereocenters. The van der Waals surface area contributed by atoms with Gasteiger partial charge in [0.05, 0.1) is 34.1 Å². The normalized spacial score (nSPS) is 42.9. The Hall–Kier alpha value is -1.56. The molecule has 1 aliphatic carbocycles. The molecule has 6 heteroatoms. The van der Waals surface area contributed by atoms with Crippen molar-refractivity contribution in [3.63, 3.8) is 0 Å². The molecule has 5 rings (SSSR count). The minimum Gasteiger partial charge on any atom is -0.484 e. The molecule has 1 saturated carbocycles. The molecular formula is C17H16BrNO4. The second-order valence-electron chi connectivity index (χ2n) is 7.16. The number of esters is 1. The highest BCUT2D eigenvalue weighted by Crippen LogP contribution is 2.61. The summed E-state index contributed by atoms with van der Waals surface area (Å²) in [6.07, 6.45) is -0.233. The highest BCUT2D eigenvalue weighted by Gasteiger charge is 2.72. The lowest BCUT2D eigenvalue weighted by atomic mass is 9.61. The second-order valence-corrected chi connectivity index (χ2v) is 8.01. The van der Waals surface area contributed by atoms with E-state index in [-0.39, 0.29) is 41.7 Å². The average Bonchev–Trinajstić information content (AvgIpc) is 2.95. The fourth-order valence-electron chi connectivity index (χ4n) is 5.20. The summed E-state index contributed by atoms with van der Waals surface area (Å²) >= 11 is 3.53. The van der Waals surface area contributed by atoms with Gasteiger partial charge in [-0.2, -0.15) is 0 Å². The minimum absolute atomic E-state index is 0.0269. The lowest BCUT2D eigenvalue weighted by Gasteiger charge is -2.52. The third-order valence-electron chi connectivity index (χ3n) is 6.38. The zero-order valence-corrected chi connectivity index (χ0v) is 14.4. The Balaban J connectivity index is 1.79. The maximum absolute atomic E-state index is 13.2. The van der Waals surface area contributed by atoms with Crippen molar-refractivity contribution in [3.8, 4) is 5.75 Å². The molecule has 23 heavy (non-hydrogen) atoms. The Morgan fingerprint density at radius 3 is 2.87 bits per heavy atom. The average molecular weight is 378 g/mol. The van der Waals surface area contributed by atoms with Crippen molar-refractivity contribution in [2.24, 2.45) is 23.7 Å². The number of fused-ring (bicyclic) bond motifs is 6. The molecule has 1 aromatic carbocycles. The standard InChI is InChI=1S/C17H16BrNO4/c1-7-11-12-8(6-22-16(12)21)14-17(7,2)19(15(11)20)10-5-3-4-9(18)13(10)23-14/h3-5,7-8,11-12,14H,6H2,1-2H3/t7-,8+,11+,12-,14+,17-/m0/s1. The van der Waals surface area contributed by atoms with Crippen LogP contribution in [0, 0.1) is 23.7 Å². The lowest BCUT2D eigenvalue weighted by Crippen LogP contribution is -2.64. The monoisotopic (exact) mass is 377 g/mol.